The summed E-state index contributed by atoms with van der Waals surface area (Å²) in [4.78, 5) is 4.33. The van der Waals surface area contributed by atoms with Crippen molar-refractivity contribution in [3.8, 4) is 17.5 Å². The van der Waals surface area contributed by atoms with Crippen molar-refractivity contribution >= 4 is 38.6 Å². The van der Waals surface area contributed by atoms with E-state index in [1.54, 1.807) is 35.9 Å². The third-order valence-corrected chi connectivity index (χ3v) is 5.58. The number of nitrogens with zero attached hydrogens (tertiary/aromatic N) is 2. The van der Waals surface area contributed by atoms with Gasteiger partial charge in [-0.25, -0.2) is 0 Å². The number of alkyl halides is 3. The van der Waals surface area contributed by atoms with Gasteiger partial charge in [-0.15, -0.1) is 13.2 Å². The van der Waals surface area contributed by atoms with Crippen LogP contribution in [0.4, 0.5) is 13.2 Å². The van der Waals surface area contributed by atoms with E-state index >= 15 is 0 Å². The first-order valence-electron chi connectivity index (χ1n) is 9.02. The van der Waals surface area contributed by atoms with Crippen LogP contribution in [0.1, 0.15) is 38.2 Å². The molecular weight excluding hydrogens is 473 g/mol. The van der Waals surface area contributed by atoms with Gasteiger partial charge in [0.15, 0.2) is 5.75 Å². The molecule has 1 aromatic heterocycles. The number of aryl methyl sites for hydroxylation is 1. The van der Waals surface area contributed by atoms with Gasteiger partial charge in [-0.1, -0.05) is 31.5 Å². The Kier molecular flexibility index (Phi) is 6.33. The first-order valence-corrected chi connectivity index (χ1v) is 10.2. The lowest BCUT2D eigenvalue weighted by Gasteiger charge is -2.17. The highest BCUT2D eigenvalue weighted by molar-refractivity contribution is 9.10. The number of aromatic nitrogens is 2. The molecule has 3 rings (SSSR count). The Balaban J connectivity index is 2.17. The molecule has 29 heavy (non-hydrogen) atoms. The van der Waals surface area contributed by atoms with E-state index in [2.05, 4.69) is 25.7 Å². The molecule has 1 heterocycles. The number of benzene rings is 2. The van der Waals surface area contributed by atoms with Gasteiger partial charge in [0.05, 0.1) is 9.99 Å². The van der Waals surface area contributed by atoms with Crippen LogP contribution >= 0.6 is 27.5 Å². The molecule has 0 aliphatic heterocycles. The Bertz CT molecular complexity index is 1030. The zero-order valence-corrected chi connectivity index (χ0v) is 18.3. The second-order valence-corrected chi connectivity index (χ2v) is 7.83. The summed E-state index contributed by atoms with van der Waals surface area (Å²) in [6.45, 7) is 4.08. The third-order valence-electron chi connectivity index (χ3n) is 4.72. The van der Waals surface area contributed by atoms with E-state index in [0.29, 0.717) is 20.8 Å². The molecule has 0 fully saturated rings. The first-order chi connectivity index (χ1) is 13.6. The molecule has 0 N–H and O–H groups in total. The zero-order valence-electron chi connectivity index (χ0n) is 16.0. The quantitative estimate of drug-likeness (QED) is 0.356. The Morgan fingerprint density at radius 3 is 2.38 bits per heavy atom. The molecule has 3 aromatic rings. The van der Waals surface area contributed by atoms with E-state index in [1.165, 1.54) is 6.07 Å². The summed E-state index contributed by atoms with van der Waals surface area (Å²) < 4.78 is 51.0. The van der Waals surface area contributed by atoms with Crippen LogP contribution in [0.2, 0.25) is 5.02 Å². The number of hydrogen-bond acceptors (Lipinski definition) is 3. The Morgan fingerprint density at radius 1 is 1.14 bits per heavy atom. The fraction of sp³-hybridized carbons (Fsp3) is 0.350. The van der Waals surface area contributed by atoms with Gasteiger partial charge in [-0.2, -0.15) is 4.98 Å². The number of ether oxygens (including phenoxy) is 2. The van der Waals surface area contributed by atoms with Crippen molar-refractivity contribution in [2.45, 2.75) is 39.0 Å². The van der Waals surface area contributed by atoms with Crippen molar-refractivity contribution in [1.29, 1.82) is 0 Å². The van der Waals surface area contributed by atoms with Crippen LogP contribution in [0.25, 0.3) is 11.0 Å². The summed E-state index contributed by atoms with van der Waals surface area (Å²) in [6, 6.07) is 8.10. The van der Waals surface area contributed by atoms with Crippen LogP contribution in [-0.2, 0) is 7.05 Å². The van der Waals surface area contributed by atoms with Crippen molar-refractivity contribution in [3.63, 3.8) is 0 Å². The molecule has 156 valence electrons. The number of fused-ring (bicyclic) bond motifs is 1. The van der Waals surface area contributed by atoms with Crippen molar-refractivity contribution < 1.29 is 22.6 Å². The van der Waals surface area contributed by atoms with E-state index in [0.717, 1.165) is 18.4 Å². The minimum Gasteiger partial charge on any atom is -0.424 e. The molecule has 0 amide bonds. The van der Waals surface area contributed by atoms with Crippen molar-refractivity contribution in [2.24, 2.45) is 7.05 Å². The standard InChI is InChI=1S/C20H19BrClF3N2O2/c1-4-11(5-2)13-7-9-16(29-20(23,24)25)17-18(13)27(3)19(26-17)28-15-8-6-12(22)10-14(15)21/h6-11H,4-5H2,1-3H3. The topological polar surface area (TPSA) is 36.3 Å². The van der Waals surface area contributed by atoms with Gasteiger partial charge < -0.3 is 9.47 Å². The molecule has 0 unspecified atom stereocenters. The lowest BCUT2D eigenvalue weighted by atomic mass is 9.92. The van der Waals surface area contributed by atoms with E-state index in [9.17, 15) is 13.2 Å². The smallest absolute Gasteiger partial charge is 0.424 e. The highest BCUT2D eigenvalue weighted by Crippen LogP contribution is 2.40. The Hall–Kier alpha value is -1.93. The molecule has 0 saturated carbocycles. The summed E-state index contributed by atoms with van der Waals surface area (Å²) in [6.07, 6.45) is -3.13. The molecule has 0 aliphatic carbocycles. The molecule has 0 bridgehead atoms. The lowest BCUT2D eigenvalue weighted by Crippen LogP contribution is -2.17. The van der Waals surface area contributed by atoms with Gasteiger partial charge in [0.1, 0.15) is 11.3 Å². The molecule has 2 aromatic carbocycles. The average molecular weight is 492 g/mol. The molecule has 0 saturated heterocycles. The van der Waals surface area contributed by atoms with Crippen LogP contribution in [0.3, 0.4) is 0 Å². The van der Waals surface area contributed by atoms with Crippen LogP contribution in [0, 0.1) is 0 Å². The number of imidazole rings is 1. The molecule has 4 nitrogen and oxygen atoms in total. The maximum atomic E-state index is 12.9. The van der Waals surface area contributed by atoms with Crippen molar-refractivity contribution in [1.82, 2.24) is 9.55 Å². The second-order valence-electron chi connectivity index (χ2n) is 6.54. The minimum atomic E-state index is -4.82. The van der Waals surface area contributed by atoms with Crippen LogP contribution in [0.5, 0.6) is 17.5 Å². The zero-order chi connectivity index (χ0) is 21.3. The molecule has 9 heteroatoms. The van der Waals surface area contributed by atoms with Gasteiger partial charge in [-0.3, -0.25) is 4.57 Å². The van der Waals surface area contributed by atoms with E-state index in [4.69, 9.17) is 16.3 Å². The molecule has 0 spiro atoms. The molecule has 0 aliphatic rings. The van der Waals surface area contributed by atoms with E-state index in [1.807, 2.05) is 13.8 Å². The Morgan fingerprint density at radius 2 is 1.79 bits per heavy atom. The monoisotopic (exact) mass is 490 g/mol. The average Bonchev–Trinajstić information content (AvgIpc) is 2.96. The normalized spacial score (nSPS) is 12.0. The number of rotatable bonds is 6. The Labute approximate surface area is 179 Å². The number of halogens is 5. The fourth-order valence-electron chi connectivity index (χ4n) is 3.32. The highest BCUT2D eigenvalue weighted by Gasteiger charge is 2.33. The van der Waals surface area contributed by atoms with Crippen molar-refractivity contribution in [3.05, 3.63) is 45.4 Å². The predicted octanol–water partition coefficient (Wildman–Crippen LogP) is 7.58. The van der Waals surface area contributed by atoms with Crippen LogP contribution in [-0.4, -0.2) is 15.9 Å². The van der Waals surface area contributed by atoms with Gasteiger partial charge in [0.2, 0.25) is 0 Å². The van der Waals surface area contributed by atoms with Gasteiger partial charge in [-0.05, 0) is 64.5 Å². The highest BCUT2D eigenvalue weighted by atomic mass is 79.9. The van der Waals surface area contributed by atoms with Crippen LogP contribution in [0.15, 0.2) is 34.8 Å². The SMILES string of the molecule is CCC(CC)c1ccc(OC(F)(F)F)c2nc(Oc3ccc(Cl)cc3Br)n(C)c12. The summed E-state index contributed by atoms with van der Waals surface area (Å²) in [7, 11) is 1.71. The van der Waals surface area contributed by atoms with Gasteiger partial charge >= 0.3 is 12.4 Å². The molecule has 0 radical (unpaired) electrons. The maximum Gasteiger partial charge on any atom is 0.573 e. The largest absolute Gasteiger partial charge is 0.573 e. The predicted molar refractivity (Wildman–Crippen MR) is 110 cm³/mol. The van der Waals surface area contributed by atoms with Crippen LogP contribution < -0.4 is 9.47 Å². The summed E-state index contributed by atoms with van der Waals surface area (Å²) in [5.41, 5.74) is 1.56. The van der Waals surface area contributed by atoms with E-state index < -0.39 is 6.36 Å². The van der Waals surface area contributed by atoms with Gasteiger partial charge in [0.25, 0.3) is 0 Å². The van der Waals surface area contributed by atoms with E-state index in [-0.39, 0.29) is 23.2 Å². The van der Waals surface area contributed by atoms with Crippen molar-refractivity contribution in [2.75, 3.05) is 0 Å². The second kappa shape index (κ2) is 8.44. The maximum absolute atomic E-state index is 12.9. The lowest BCUT2D eigenvalue weighted by molar-refractivity contribution is -0.274. The fourth-order valence-corrected chi connectivity index (χ4v) is 4.08. The summed E-state index contributed by atoms with van der Waals surface area (Å²) in [5, 5.41) is 0.520. The van der Waals surface area contributed by atoms with Gasteiger partial charge in [0, 0.05) is 12.1 Å². The first kappa shape index (κ1) is 21.8. The molecular formula is C20H19BrClF3N2O2. The minimum absolute atomic E-state index is 0.106. The molecule has 0 atom stereocenters. The summed E-state index contributed by atoms with van der Waals surface area (Å²) >= 11 is 9.32. The summed E-state index contributed by atoms with van der Waals surface area (Å²) in [5.74, 6) is 0.251. The number of hydrogen-bond donors (Lipinski definition) is 0. The third kappa shape index (κ3) is 4.64.